The summed E-state index contributed by atoms with van der Waals surface area (Å²) in [6.07, 6.45) is 3.27. The van der Waals surface area contributed by atoms with Crippen molar-refractivity contribution in [3.8, 4) is 0 Å². The Labute approximate surface area is 223 Å². The number of nitrogens with zero attached hydrogens (tertiary/aromatic N) is 9. The molecule has 2 atom stereocenters. The van der Waals surface area contributed by atoms with E-state index in [2.05, 4.69) is 41.5 Å². The third kappa shape index (κ3) is 5.52. The lowest BCUT2D eigenvalue weighted by Crippen LogP contribution is -2.47. The minimum Gasteiger partial charge on any atom is -0.381 e. The topological polar surface area (TPSA) is 101 Å². The second-order valence-electron chi connectivity index (χ2n) is 9.42. The van der Waals surface area contributed by atoms with E-state index in [4.69, 9.17) is 11.6 Å². The molecule has 1 N–H and O–H groups in total. The van der Waals surface area contributed by atoms with Crippen molar-refractivity contribution in [2.45, 2.75) is 31.5 Å². The van der Waals surface area contributed by atoms with Gasteiger partial charge in [-0.25, -0.2) is 23.1 Å². The molecule has 1 saturated heterocycles. The third-order valence-electron chi connectivity index (χ3n) is 7.08. The minimum atomic E-state index is -1.85. The third-order valence-corrected chi connectivity index (χ3v) is 7.32. The van der Waals surface area contributed by atoms with E-state index >= 15 is 0 Å². The average molecular weight is 544 g/mol. The summed E-state index contributed by atoms with van der Waals surface area (Å²) in [7, 11) is 0. The molecule has 2 aromatic heterocycles. The Bertz CT molecular complexity index is 1360. The van der Waals surface area contributed by atoms with Gasteiger partial charge in [-0.3, -0.25) is 4.90 Å². The van der Waals surface area contributed by atoms with Gasteiger partial charge in [-0.1, -0.05) is 23.7 Å². The van der Waals surface area contributed by atoms with E-state index in [-0.39, 0.29) is 12.1 Å². The zero-order chi connectivity index (χ0) is 26.7. The van der Waals surface area contributed by atoms with Crippen molar-refractivity contribution in [2.75, 3.05) is 37.6 Å². The number of anilines is 1. The number of hydrogen-bond donors (Lipinski definition) is 1. The number of benzene rings is 2. The van der Waals surface area contributed by atoms with Crippen LogP contribution in [-0.2, 0) is 18.6 Å². The fourth-order valence-electron chi connectivity index (χ4n) is 4.88. The van der Waals surface area contributed by atoms with Gasteiger partial charge in [-0.05, 0) is 41.6 Å². The van der Waals surface area contributed by atoms with Crippen LogP contribution in [0.3, 0.4) is 0 Å². The van der Waals surface area contributed by atoms with Crippen LogP contribution in [0.15, 0.2) is 55.1 Å². The van der Waals surface area contributed by atoms with Crippen molar-refractivity contribution < 1.29 is 13.9 Å². The molecule has 200 valence electrons. The Hall–Kier alpha value is -3.48. The lowest BCUT2D eigenvalue weighted by Gasteiger charge is -2.36. The van der Waals surface area contributed by atoms with Gasteiger partial charge in [0.1, 0.15) is 29.9 Å². The summed E-state index contributed by atoms with van der Waals surface area (Å²) in [5.41, 5.74) is -0.826. The van der Waals surface area contributed by atoms with Crippen LogP contribution >= 0.6 is 11.6 Å². The second-order valence-corrected chi connectivity index (χ2v) is 9.85. The number of hydrogen-bond acceptors (Lipinski definition) is 8. The highest BCUT2D eigenvalue weighted by atomic mass is 35.5. The standard InChI is InChI=1S/C25H28ClF2N9O/c1-18(25(38,15-36-17-29-16-30-36)22-6-5-20(27)14-23(22)28)37-24(31-32-33-37)7-8-34-9-11-35(12-10-34)21-4-2-3-19(26)13-21/h2-6,13-14,16-18,38H,7-12,15H2,1H3/t18-,25+/m0/s1. The minimum absolute atomic E-state index is 0.0829. The predicted octanol–water partition coefficient (Wildman–Crippen LogP) is 2.71. The molecular formula is C25H28ClF2N9O. The summed E-state index contributed by atoms with van der Waals surface area (Å²) in [4.78, 5) is 8.54. The number of aromatic nitrogens is 7. The van der Waals surface area contributed by atoms with Crippen molar-refractivity contribution in [3.05, 3.63) is 83.2 Å². The van der Waals surface area contributed by atoms with Gasteiger partial charge in [0.2, 0.25) is 0 Å². The molecule has 1 aliphatic rings. The molecular weight excluding hydrogens is 516 g/mol. The molecule has 38 heavy (non-hydrogen) atoms. The van der Waals surface area contributed by atoms with Crippen LogP contribution in [0, 0.1) is 11.6 Å². The molecule has 2 aromatic carbocycles. The van der Waals surface area contributed by atoms with Gasteiger partial charge >= 0.3 is 0 Å². The highest BCUT2D eigenvalue weighted by molar-refractivity contribution is 6.30. The molecule has 0 amide bonds. The van der Waals surface area contributed by atoms with Crippen LogP contribution in [0.4, 0.5) is 14.5 Å². The van der Waals surface area contributed by atoms with Crippen LogP contribution in [0.25, 0.3) is 0 Å². The summed E-state index contributed by atoms with van der Waals surface area (Å²) >= 11 is 6.14. The SMILES string of the molecule is C[C@H](n1nnnc1CCN1CCN(c2cccc(Cl)c2)CC1)[C@](O)(Cn1cncn1)c1ccc(F)cc1F. The number of piperazine rings is 1. The van der Waals surface area contributed by atoms with Gasteiger partial charge in [0.25, 0.3) is 0 Å². The van der Waals surface area contributed by atoms with Crippen LogP contribution < -0.4 is 4.90 Å². The molecule has 13 heteroatoms. The number of tetrazole rings is 1. The number of halogens is 3. The van der Waals surface area contributed by atoms with E-state index in [1.165, 1.54) is 28.1 Å². The smallest absolute Gasteiger partial charge is 0.153 e. The van der Waals surface area contributed by atoms with Crippen molar-refractivity contribution in [1.82, 2.24) is 39.9 Å². The van der Waals surface area contributed by atoms with Gasteiger partial charge in [0, 0.05) is 61.5 Å². The second kappa shape index (κ2) is 11.1. The molecule has 10 nitrogen and oxygen atoms in total. The summed E-state index contributed by atoms with van der Waals surface area (Å²) < 4.78 is 31.5. The van der Waals surface area contributed by atoms with Crippen LogP contribution in [0.1, 0.15) is 24.4 Å². The molecule has 1 fully saturated rings. The van der Waals surface area contributed by atoms with E-state index in [1.807, 2.05) is 18.2 Å². The van der Waals surface area contributed by atoms with Crippen molar-refractivity contribution in [1.29, 1.82) is 0 Å². The van der Waals surface area contributed by atoms with E-state index < -0.39 is 23.3 Å². The molecule has 0 unspecified atom stereocenters. The molecule has 0 spiro atoms. The predicted molar refractivity (Wildman–Crippen MR) is 137 cm³/mol. The maximum absolute atomic E-state index is 14.9. The molecule has 5 rings (SSSR count). The van der Waals surface area contributed by atoms with E-state index in [0.29, 0.717) is 18.8 Å². The fourth-order valence-corrected chi connectivity index (χ4v) is 5.07. The van der Waals surface area contributed by atoms with Gasteiger partial charge in [0.15, 0.2) is 5.82 Å². The quantitative estimate of drug-likeness (QED) is 0.344. The van der Waals surface area contributed by atoms with Crippen molar-refractivity contribution in [3.63, 3.8) is 0 Å². The Morgan fingerprint density at radius 2 is 1.92 bits per heavy atom. The van der Waals surface area contributed by atoms with Crippen molar-refractivity contribution >= 4 is 17.3 Å². The first-order valence-corrected chi connectivity index (χ1v) is 12.7. The normalized spacial score (nSPS) is 16.9. The Morgan fingerprint density at radius 1 is 1.11 bits per heavy atom. The molecule has 1 aliphatic heterocycles. The van der Waals surface area contributed by atoms with E-state index in [9.17, 15) is 13.9 Å². The Balaban J connectivity index is 1.30. The first-order valence-electron chi connectivity index (χ1n) is 12.3. The summed E-state index contributed by atoms with van der Waals surface area (Å²) in [6.45, 7) is 5.72. The molecule has 0 radical (unpaired) electrons. The summed E-state index contributed by atoms with van der Waals surface area (Å²) in [5, 5.41) is 28.8. The maximum atomic E-state index is 14.9. The van der Waals surface area contributed by atoms with E-state index in [0.717, 1.165) is 49.0 Å². The monoisotopic (exact) mass is 543 g/mol. The lowest BCUT2D eigenvalue weighted by molar-refractivity contribution is -0.0384. The fraction of sp³-hybridized carbons (Fsp3) is 0.400. The summed E-state index contributed by atoms with van der Waals surface area (Å²) in [6, 6.07) is 10.1. The lowest BCUT2D eigenvalue weighted by atomic mass is 9.86. The zero-order valence-corrected chi connectivity index (χ0v) is 21.6. The maximum Gasteiger partial charge on any atom is 0.153 e. The number of aliphatic hydroxyl groups is 1. The summed E-state index contributed by atoms with van der Waals surface area (Å²) in [5.74, 6) is -1.05. The van der Waals surface area contributed by atoms with Crippen LogP contribution in [0.5, 0.6) is 0 Å². The van der Waals surface area contributed by atoms with Crippen molar-refractivity contribution in [2.24, 2.45) is 0 Å². The molecule has 0 saturated carbocycles. The average Bonchev–Trinajstić information content (AvgIpc) is 3.59. The molecule has 4 aromatic rings. The van der Waals surface area contributed by atoms with Crippen LogP contribution in [-0.4, -0.2) is 77.7 Å². The highest BCUT2D eigenvalue weighted by Gasteiger charge is 2.42. The first-order chi connectivity index (χ1) is 18.3. The Kier molecular flexibility index (Phi) is 7.63. The molecule has 0 aliphatic carbocycles. The number of rotatable bonds is 9. The molecule has 3 heterocycles. The van der Waals surface area contributed by atoms with E-state index in [1.54, 1.807) is 6.92 Å². The Morgan fingerprint density at radius 3 is 2.63 bits per heavy atom. The largest absolute Gasteiger partial charge is 0.381 e. The van der Waals surface area contributed by atoms with Crippen LogP contribution in [0.2, 0.25) is 5.02 Å². The van der Waals surface area contributed by atoms with Gasteiger partial charge in [-0.2, -0.15) is 5.10 Å². The van der Waals surface area contributed by atoms with Gasteiger partial charge in [-0.15, -0.1) is 5.10 Å². The first kappa shape index (κ1) is 26.1. The van der Waals surface area contributed by atoms with Gasteiger partial charge < -0.3 is 10.0 Å². The zero-order valence-electron chi connectivity index (χ0n) is 20.8. The molecule has 0 bridgehead atoms. The van der Waals surface area contributed by atoms with Gasteiger partial charge in [0.05, 0.1) is 12.6 Å². The highest BCUT2D eigenvalue weighted by Crippen LogP contribution is 2.36.